The van der Waals surface area contributed by atoms with Crippen LogP contribution in [-0.2, 0) is 9.53 Å². The summed E-state index contributed by atoms with van der Waals surface area (Å²) in [6.45, 7) is 2.61. The maximum Gasteiger partial charge on any atom is 0.156 e. The van der Waals surface area contributed by atoms with Crippen molar-refractivity contribution in [1.82, 2.24) is 0 Å². The van der Waals surface area contributed by atoms with E-state index >= 15 is 0 Å². The van der Waals surface area contributed by atoms with Crippen LogP contribution in [0.4, 0.5) is 0 Å². The van der Waals surface area contributed by atoms with Gasteiger partial charge < -0.3 is 9.84 Å². The third kappa shape index (κ3) is 2.06. The molecule has 23 heavy (non-hydrogen) atoms. The minimum Gasteiger partial charge on any atom is -0.387 e. The third-order valence-corrected chi connectivity index (χ3v) is 6.94. The Morgan fingerprint density at radius 3 is 2.91 bits per heavy atom. The summed E-state index contributed by atoms with van der Waals surface area (Å²) in [6.07, 6.45) is 11.9. The third-order valence-electron chi connectivity index (χ3n) is 6.94. The molecule has 0 aromatic rings. The van der Waals surface area contributed by atoms with Crippen molar-refractivity contribution in [3.8, 4) is 0 Å². The number of hydrogen-bond acceptors (Lipinski definition) is 3. The van der Waals surface area contributed by atoms with Crippen molar-refractivity contribution >= 4 is 5.78 Å². The molecule has 0 unspecified atom stereocenters. The number of allylic oxidation sites excluding steroid dienone is 5. The lowest BCUT2D eigenvalue weighted by molar-refractivity contribution is -0.114. The minimum atomic E-state index is -0.752. The highest BCUT2D eigenvalue weighted by Crippen LogP contribution is 2.60. The van der Waals surface area contributed by atoms with Crippen LogP contribution in [0.25, 0.3) is 0 Å². The van der Waals surface area contributed by atoms with Gasteiger partial charge in [-0.1, -0.05) is 19.1 Å². The molecule has 0 radical (unpaired) electrons. The number of methoxy groups -OCH3 is 1. The van der Waals surface area contributed by atoms with E-state index in [4.69, 9.17) is 4.74 Å². The summed E-state index contributed by atoms with van der Waals surface area (Å²) < 4.78 is 5.33. The molecular formula is C20H26O3. The molecule has 0 spiro atoms. The van der Waals surface area contributed by atoms with E-state index in [1.807, 2.05) is 6.08 Å². The number of ketones is 1. The lowest BCUT2D eigenvalue weighted by Crippen LogP contribution is -2.50. The summed E-state index contributed by atoms with van der Waals surface area (Å²) in [5.74, 6) is 1.29. The van der Waals surface area contributed by atoms with Crippen LogP contribution < -0.4 is 0 Å². The first-order chi connectivity index (χ1) is 11.0. The molecule has 0 bridgehead atoms. The summed E-state index contributed by atoms with van der Waals surface area (Å²) in [6, 6.07) is 0. The Morgan fingerprint density at radius 1 is 1.30 bits per heavy atom. The SMILES string of the molecule is COC[C@]1(O)CC[C@H]2[C@@H]3CCC4=CC(=O)CCC4=C3C=C[C@@]21C. The molecule has 0 heterocycles. The van der Waals surface area contributed by atoms with Crippen LogP contribution in [0.5, 0.6) is 0 Å². The van der Waals surface area contributed by atoms with Crippen LogP contribution in [0.15, 0.2) is 34.9 Å². The predicted octanol–water partition coefficient (Wildman–Crippen LogP) is 3.35. The molecule has 3 heteroatoms. The van der Waals surface area contributed by atoms with Crippen LogP contribution in [0.1, 0.15) is 45.4 Å². The van der Waals surface area contributed by atoms with E-state index in [-0.39, 0.29) is 11.2 Å². The minimum absolute atomic E-state index is 0.205. The van der Waals surface area contributed by atoms with Gasteiger partial charge in [0.1, 0.15) is 0 Å². The number of carbonyl (C=O) groups is 1. The molecular weight excluding hydrogens is 288 g/mol. The molecule has 4 aliphatic carbocycles. The maximum absolute atomic E-state index is 11.7. The van der Waals surface area contributed by atoms with Crippen molar-refractivity contribution in [2.24, 2.45) is 17.3 Å². The van der Waals surface area contributed by atoms with E-state index in [1.165, 1.54) is 16.7 Å². The largest absolute Gasteiger partial charge is 0.387 e. The maximum atomic E-state index is 11.7. The standard InChI is InChI=1S/C20H26O3/c1-19-9-7-16-15-6-4-14(21)11-13(15)3-5-17(16)18(19)8-10-20(19,22)12-23-2/h7,9,11,17-18,22H,3-6,8,10,12H2,1-2H3/t17-,18+,19+,20-/m1/s1. The summed E-state index contributed by atoms with van der Waals surface area (Å²) in [5, 5.41) is 11.2. The van der Waals surface area contributed by atoms with E-state index in [1.54, 1.807) is 7.11 Å². The van der Waals surface area contributed by atoms with Gasteiger partial charge in [-0.3, -0.25) is 4.79 Å². The van der Waals surface area contributed by atoms with E-state index < -0.39 is 5.60 Å². The van der Waals surface area contributed by atoms with Gasteiger partial charge in [-0.05, 0) is 66.7 Å². The first-order valence-electron chi connectivity index (χ1n) is 8.86. The van der Waals surface area contributed by atoms with Gasteiger partial charge in [-0.2, -0.15) is 0 Å². The number of ether oxygens (including phenoxy) is 1. The van der Waals surface area contributed by atoms with Crippen molar-refractivity contribution in [2.45, 2.75) is 51.0 Å². The zero-order chi connectivity index (χ0) is 16.2. The Kier molecular flexibility index (Phi) is 3.44. The highest BCUT2D eigenvalue weighted by molar-refractivity contribution is 5.93. The summed E-state index contributed by atoms with van der Waals surface area (Å²) >= 11 is 0. The van der Waals surface area contributed by atoms with Crippen LogP contribution >= 0.6 is 0 Å². The number of aliphatic hydroxyl groups is 1. The Morgan fingerprint density at radius 2 is 2.13 bits per heavy atom. The Balaban J connectivity index is 1.78. The molecule has 0 aliphatic heterocycles. The highest BCUT2D eigenvalue weighted by atomic mass is 16.5. The number of rotatable bonds is 2. The van der Waals surface area contributed by atoms with Crippen LogP contribution in [-0.4, -0.2) is 30.2 Å². The number of fused-ring (bicyclic) bond motifs is 4. The van der Waals surface area contributed by atoms with Gasteiger partial charge in [0.15, 0.2) is 5.78 Å². The first-order valence-corrected chi connectivity index (χ1v) is 8.86. The molecule has 4 rings (SSSR count). The quantitative estimate of drug-likeness (QED) is 0.850. The molecule has 4 aliphatic rings. The van der Waals surface area contributed by atoms with Crippen molar-refractivity contribution in [3.63, 3.8) is 0 Å². The van der Waals surface area contributed by atoms with Gasteiger partial charge in [0.25, 0.3) is 0 Å². The summed E-state index contributed by atoms with van der Waals surface area (Å²) in [5.41, 5.74) is 3.17. The summed E-state index contributed by atoms with van der Waals surface area (Å²) in [4.78, 5) is 11.7. The van der Waals surface area contributed by atoms with E-state index in [0.29, 0.717) is 24.9 Å². The van der Waals surface area contributed by atoms with Gasteiger partial charge >= 0.3 is 0 Å². The van der Waals surface area contributed by atoms with Gasteiger partial charge in [0, 0.05) is 18.9 Å². The number of hydrogen-bond donors (Lipinski definition) is 1. The Hall–Kier alpha value is -1.19. The topological polar surface area (TPSA) is 46.5 Å². The average Bonchev–Trinajstić information content (AvgIpc) is 2.79. The molecule has 0 aromatic carbocycles. The molecule has 3 nitrogen and oxygen atoms in total. The second-order valence-corrected chi connectivity index (χ2v) is 7.94. The highest BCUT2D eigenvalue weighted by Gasteiger charge is 2.59. The molecule has 0 aromatic heterocycles. The van der Waals surface area contributed by atoms with Gasteiger partial charge in [-0.25, -0.2) is 0 Å². The molecule has 1 saturated carbocycles. The second-order valence-electron chi connectivity index (χ2n) is 7.94. The van der Waals surface area contributed by atoms with Gasteiger partial charge in [0.2, 0.25) is 0 Å². The monoisotopic (exact) mass is 314 g/mol. The van der Waals surface area contributed by atoms with Crippen molar-refractivity contribution in [1.29, 1.82) is 0 Å². The Labute approximate surface area is 138 Å². The van der Waals surface area contributed by atoms with Crippen molar-refractivity contribution < 1.29 is 14.6 Å². The normalized spacial score (nSPS) is 42.2. The molecule has 1 fully saturated rings. The molecule has 124 valence electrons. The fraction of sp³-hybridized carbons (Fsp3) is 0.650. The first kappa shape index (κ1) is 15.3. The average molecular weight is 314 g/mol. The van der Waals surface area contributed by atoms with Crippen LogP contribution in [0.3, 0.4) is 0 Å². The molecule has 0 amide bonds. The fourth-order valence-corrected chi connectivity index (χ4v) is 5.58. The molecule has 0 saturated heterocycles. The fourth-order valence-electron chi connectivity index (χ4n) is 5.58. The zero-order valence-corrected chi connectivity index (χ0v) is 14.1. The molecule has 4 atom stereocenters. The van der Waals surface area contributed by atoms with Crippen LogP contribution in [0, 0.1) is 17.3 Å². The van der Waals surface area contributed by atoms with Gasteiger partial charge in [-0.15, -0.1) is 0 Å². The lowest BCUT2D eigenvalue weighted by atomic mass is 9.58. The van der Waals surface area contributed by atoms with Gasteiger partial charge in [0.05, 0.1) is 12.2 Å². The van der Waals surface area contributed by atoms with E-state index in [0.717, 1.165) is 32.1 Å². The van der Waals surface area contributed by atoms with E-state index in [2.05, 4.69) is 19.1 Å². The second kappa shape index (κ2) is 5.15. The summed E-state index contributed by atoms with van der Waals surface area (Å²) in [7, 11) is 1.67. The van der Waals surface area contributed by atoms with E-state index in [9.17, 15) is 9.90 Å². The zero-order valence-electron chi connectivity index (χ0n) is 14.1. The smallest absolute Gasteiger partial charge is 0.156 e. The van der Waals surface area contributed by atoms with Crippen molar-refractivity contribution in [2.75, 3.05) is 13.7 Å². The van der Waals surface area contributed by atoms with Crippen LogP contribution in [0.2, 0.25) is 0 Å². The lowest BCUT2D eigenvalue weighted by Gasteiger charge is -2.48. The molecule has 1 N–H and O–H groups in total. The number of carbonyl (C=O) groups excluding carboxylic acids is 1. The predicted molar refractivity (Wildman–Crippen MR) is 88.9 cm³/mol. The van der Waals surface area contributed by atoms with Crippen molar-refractivity contribution in [3.05, 3.63) is 34.9 Å². The Bertz CT molecular complexity index is 641.